The van der Waals surface area contributed by atoms with Crippen molar-refractivity contribution in [3.05, 3.63) is 22.4 Å². The molecule has 3 nitrogen and oxygen atoms in total. The molecule has 18 heavy (non-hydrogen) atoms. The van der Waals surface area contributed by atoms with Crippen molar-refractivity contribution < 1.29 is 0 Å². The maximum absolute atomic E-state index is 9.03. The van der Waals surface area contributed by atoms with Crippen molar-refractivity contribution in [3.8, 4) is 12.1 Å². The number of likely N-dealkylation sites (tertiary alicyclic amines) is 1. The van der Waals surface area contributed by atoms with E-state index in [0.717, 1.165) is 37.9 Å². The fraction of sp³-hybridized carbons (Fsp3) is 0.600. The van der Waals surface area contributed by atoms with Gasteiger partial charge in [0.2, 0.25) is 0 Å². The van der Waals surface area contributed by atoms with Gasteiger partial charge in [-0.05, 0) is 56.6 Å². The molecule has 94 valence electrons. The summed E-state index contributed by atoms with van der Waals surface area (Å²) in [5, 5.41) is 18.1. The van der Waals surface area contributed by atoms with E-state index in [1.165, 1.54) is 30.5 Å². The van der Waals surface area contributed by atoms with Crippen LogP contribution in [0.2, 0.25) is 0 Å². The lowest BCUT2D eigenvalue weighted by Gasteiger charge is -2.35. The Hall–Kier alpha value is -1.74. The van der Waals surface area contributed by atoms with Crippen LogP contribution in [0.3, 0.4) is 0 Å². The molecule has 0 atom stereocenters. The van der Waals surface area contributed by atoms with Crippen molar-refractivity contribution in [2.75, 3.05) is 13.1 Å². The Morgan fingerprint density at radius 1 is 1.00 bits per heavy atom. The highest BCUT2D eigenvalue weighted by atomic mass is 15.1. The lowest BCUT2D eigenvalue weighted by molar-refractivity contribution is 0.270. The van der Waals surface area contributed by atoms with Crippen molar-refractivity contribution in [2.24, 2.45) is 0 Å². The molecule has 2 aliphatic rings. The third-order valence-corrected chi connectivity index (χ3v) is 3.99. The highest BCUT2D eigenvalue weighted by Gasteiger charge is 2.22. The van der Waals surface area contributed by atoms with Crippen LogP contribution in [0.1, 0.15) is 45.4 Å². The molecule has 2 rings (SSSR count). The molecule has 1 fully saturated rings. The number of hydrogen-bond donors (Lipinski definition) is 0. The second-order valence-electron chi connectivity index (χ2n) is 5.05. The minimum atomic E-state index is 0.307. The molecule has 0 saturated carbocycles. The van der Waals surface area contributed by atoms with Crippen LogP contribution < -0.4 is 0 Å². The summed E-state index contributed by atoms with van der Waals surface area (Å²) in [6.45, 7) is 4.34. The predicted octanol–water partition coefficient (Wildman–Crippen LogP) is 3.27. The van der Waals surface area contributed by atoms with Crippen LogP contribution in [0.15, 0.2) is 22.4 Å². The Labute approximate surface area is 109 Å². The van der Waals surface area contributed by atoms with Gasteiger partial charge < -0.3 is 4.90 Å². The van der Waals surface area contributed by atoms with E-state index in [1.54, 1.807) is 0 Å². The van der Waals surface area contributed by atoms with Crippen molar-refractivity contribution >= 4 is 0 Å². The molecule has 1 saturated heterocycles. The van der Waals surface area contributed by atoms with Crippen LogP contribution in [0.4, 0.5) is 0 Å². The minimum Gasteiger partial charge on any atom is -0.375 e. The number of rotatable bonds is 1. The summed E-state index contributed by atoms with van der Waals surface area (Å²) < 4.78 is 0. The normalized spacial score (nSPS) is 20.4. The summed E-state index contributed by atoms with van der Waals surface area (Å²) in [6.07, 6.45) is 6.88. The van der Waals surface area contributed by atoms with Gasteiger partial charge >= 0.3 is 0 Å². The van der Waals surface area contributed by atoms with E-state index in [2.05, 4.69) is 11.8 Å². The van der Waals surface area contributed by atoms with Crippen LogP contribution in [0.5, 0.6) is 0 Å². The number of piperidine rings is 1. The fourth-order valence-electron chi connectivity index (χ4n) is 3.01. The lowest BCUT2D eigenvalue weighted by atomic mass is 9.88. The van der Waals surface area contributed by atoms with E-state index in [-0.39, 0.29) is 0 Å². The van der Waals surface area contributed by atoms with Crippen molar-refractivity contribution in [3.63, 3.8) is 0 Å². The fourth-order valence-corrected chi connectivity index (χ4v) is 3.01. The SMILES string of the molecule is CC1=C(N2CCCCC2)CCCC1=C(C#N)C#N. The van der Waals surface area contributed by atoms with Crippen LogP contribution >= 0.6 is 0 Å². The highest BCUT2D eigenvalue weighted by molar-refractivity contribution is 5.50. The average Bonchev–Trinajstić information content (AvgIpc) is 2.43. The molecule has 1 aliphatic heterocycles. The van der Waals surface area contributed by atoms with Gasteiger partial charge in [0, 0.05) is 18.8 Å². The van der Waals surface area contributed by atoms with Gasteiger partial charge in [-0.2, -0.15) is 10.5 Å². The second-order valence-corrected chi connectivity index (χ2v) is 5.05. The van der Waals surface area contributed by atoms with Crippen molar-refractivity contribution in [2.45, 2.75) is 45.4 Å². The first-order chi connectivity index (χ1) is 8.77. The maximum atomic E-state index is 9.03. The standard InChI is InChI=1S/C15H19N3/c1-12-14(13(10-16)11-17)6-5-7-15(12)18-8-3-2-4-9-18/h2-9H2,1H3. The molecule has 0 spiro atoms. The largest absolute Gasteiger partial charge is 0.375 e. The smallest absolute Gasteiger partial charge is 0.133 e. The number of nitriles is 2. The van der Waals surface area contributed by atoms with Crippen LogP contribution in [-0.2, 0) is 0 Å². The molecule has 0 unspecified atom stereocenters. The zero-order valence-corrected chi connectivity index (χ0v) is 11.0. The highest BCUT2D eigenvalue weighted by Crippen LogP contribution is 2.34. The summed E-state index contributed by atoms with van der Waals surface area (Å²) in [5.41, 5.74) is 3.84. The van der Waals surface area contributed by atoms with Crippen molar-refractivity contribution in [1.82, 2.24) is 4.90 Å². The molecule has 0 radical (unpaired) electrons. The molecular weight excluding hydrogens is 222 g/mol. The first kappa shape index (κ1) is 12.7. The number of allylic oxidation sites excluding steroid dienone is 4. The molecule has 0 bridgehead atoms. The first-order valence-electron chi connectivity index (χ1n) is 6.76. The molecule has 0 amide bonds. The average molecular weight is 241 g/mol. The van der Waals surface area contributed by atoms with Gasteiger partial charge in [0.15, 0.2) is 0 Å². The third kappa shape index (κ3) is 2.41. The second kappa shape index (κ2) is 5.74. The topological polar surface area (TPSA) is 50.8 Å². The summed E-state index contributed by atoms with van der Waals surface area (Å²) in [7, 11) is 0. The summed E-state index contributed by atoms with van der Waals surface area (Å²) >= 11 is 0. The van der Waals surface area contributed by atoms with Crippen LogP contribution in [0, 0.1) is 22.7 Å². The van der Waals surface area contributed by atoms with Gasteiger partial charge in [-0.1, -0.05) is 0 Å². The predicted molar refractivity (Wildman–Crippen MR) is 70.2 cm³/mol. The molecular formula is C15H19N3. The maximum Gasteiger partial charge on any atom is 0.133 e. The van der Waals surface area contributed by atoms with Gasteiger partial charge in [-0.15, -0.1) is 0 Å². The summed E-state index contributed by atoms with van der Waals surface area (Å²) in [5.74, 6) is 0. The summed E-state index contributed by atoms with van der Waals surface area (Å²) in [4.78, 5) is 2.46. The molecule has 1 heterocycles. The molecule has 1 aliphatic carbocycles. The van der Waals surface area contributed by atoms with Gasteiger partial charge in [0.1, 0.15) is 17.7 Å². The van der Waals surface area contributed by atoms with Crippen LogP contribution in [0.25, 0.3) is 0 Å². The Kier molecular flexibility index (Phi) is 4.05. The monoisotopic (exact) mass is 241 g/mol. The Bertz CT molecular complexity index is 449. The first-order valence-corrected chi connectivity index (χ1v) is 6.76. The Morgan fingerprint density at radius 2 is 1.67 bits per heavy atom. The zero-order chi connectivity index (χ0) is 13.0. The lowest BCUT2D eigenvalue weighted by Crippen LogP contribution is -2.31. The van der Waals surface area contributed by atoms with E-state index in [9.17, 15) is 0 Å². The van der Waals surface area contributed by atoms with E-state index in [0.29, 0.717) is 5.57 Å². The van der Waals surface area contributed by atoms with E-state index < -0.39 is 0 Å². The van der Waals surface area contributed by atoms with Gasteiger partial charge in [-0.3, -0.25) is 0 Å². The van der Waals surface area contributed by atoms with Gasteiger partial charge in [-0.25, -0.2) is 0 Å². The van der Waals surface area contributed by atoms with Crippen LogP contribution in [-0.4, -0.2) is 18.0 Å². The summed E-state index contributed by atoms with van der Waals surface area (Å²) in [6, 6.07) is 4.08. The van der Waals surface area contributed by atoms with E-state index in [4.69, 9.17) is 10.5 Å². The quantitative estimate of drug-likeness (QED) is 0.662. The van der Waals surface area contributed by atoms with E-state index in [1.807, 2.05) is 12.1 Å². The zero-order valence-electron chi connectivity index (χ0n) is 11.0. The minimum absolute atomic E-state index is 0.307. The van der Waals surface area contributed by atoms with Crippen molar-refractivity contribution in [1.29, 1.82) is 10.5 Å². The molecule has 0 aromatic carbocycles. The van der Waals surface area contributed by atoms with Gasteiger partial charge in [0.05, 0.1) is 0 Å². The third-order valence-electron chi connectivity index (χ3n) is 3.99. The van der Waals surface area contributed by atoms with Gasteiger partial charge in [0.25, 0.3) is 0 Å². The molecule has 3 heteroatoms. The van der Waals surface area contributed by atoms with E-state index >= 15 is 0 Å². The molecule has 0 aromatic rings. The molecule has 0 N–H and O–H groups in total. The number of nitrogens with zero attached hydrogens (tertiary/aromatic N) is 3. The Morgan fingerprint density at radius 3 is 2.28 bits per heavy atom. The Balaban J connectivity index is 2.35. The number of hydrogen-bond acceptors (Lipinski definition) is 3. The molecule has 0 aromatic heterocycles.